The summed E-state index contributed by atoms with van der Waals surface area (Å²) in [7, 11) is 0. The Labute approximate surface area is 121 Å². The molecule has 1 aliphatic heterocycles. The van der Waals surface area contributed by atoms with Gasteiger partial charge in [0.15, 0.2) is 0 Å². The lowest BCUT2D eigenvalue weighted by Gasteiger charge is -2.45. The van der Waals surface area contributed by atoms with Crippen molar-refractivity contribution in [3.63, 3.8) is 0 Å². The number of hydrogen-bond acceptors (Lipinski definition) is 2. The van der Waals surface area contributed by atoms with Crippen LogP contribution in [-0.2, 0) is 5.88 Å². The van der Waals surface area contributed by atoms with Crippen LogP contribution in [0, 0.1) is 12.8 Å². The molecule has 104 valence electrons. The van der Waals surface area contributed by atoms with Gasteiger partial charge in [-0.25, -0.2) is 4.98 Å². The molecule has 2 fully saturated rings. The zero-order chi connectivity index (χ0) is 13.2. The fourth-order valence-electron chi connectivity index (χ4n) is 3.79. The number of aromatic nitrogens is 1. The topological polar surface area (TPSA) is 16.1 Å². The van der Waals surface area contributed by atoms with E-state index >= 15 is 0 Å². The van der Waals surface area contributed by atoms with E-state index in [-0.39, 0.29) is 0 Å². The van der Waals surface area contributed by atoms with Gasteiger partial charge in [-0.1, -0.05) is 18.9 Å². The molecule has 3 rings (SSSR count). The number of piperidine rings is 1. The van der Waals surface area contributed by atoms with Crippen LogP contribution in [0.5, 0.6) is 0 Å². The number of anilines is 1. The summed E-state index contributed by atoms with van der Waals surface area (Å²) in [6.45, 7) is 3.25. The van der Waals surface area contributed by atoms with Gasteiger partial charge in [-0.05, 0) is 50.2 Å². The summed E-state index contributed by atoms with van der Waals surface area (Å²) in [6, 6.07) is 5.05. The first-order chi connectivity index (χ1) is 9.29. The van der Waals surface area contributed by atoms with Crippen molar-refractivity contribution in [3.05, 3.63) is 23.4 Å². The Balaban J connectivity index is 1.85. The molecule has 2 unspecified atom stereocenters. The van der Waals surface area contributed by atoms with Gasteiger partial charge in [0.05, 0.1) is 0 Å². The molecule has 2 nitrogen and oxygen atoms in total. The molecule has 0 bridgehead atoms. The molecule has 1 aliphatic carbocycles. The summed E-state index contributed by atoms with van der Waals surface area (Å²) in [4.78, 5) is 7.37. The summed E-state index contributed by atoms with van der Waals surface area (Å²) < 4.78 is 0. The van der Waals surface area contributed by atoms with E-state index in [1.54, 1.807) is 0 Å². The van der Waals surface area contributed by atoms with E-state index in [4.69, 9.17) is 16.6 Å². The average molecular weight is 279 g/mol. The first kappa shape index (κ1) is 13.2. The summed E-state index contributed by atoms with van der Waals surface area (Å²) in [5.74, 6) is 2.63. The van der Waals surface area contributed by atoms with Gasteiger partial charge in [0.25, 0.3) is 0 Å². The Morgan fingerprint density at radius 1 is 1.21 bits per heavy atom. The van der Waals surface area contributed by atoms with Crippen LogP contribution in [0.2, 0.25) is 0 Å². The largest absolute Gasteiger partial charge is 0.353 e. The van der Waals surface area contributed by atoms with Crippen molar-refractivity contribution in [2.24, 2.45) is 5.92 Å². The Morgan fingerprint density at radius 2 is 2.00 bits per heavy atom. The second kappa shape index (κ2) is 5.70. The quantitative estimate of drug-likeness (QED) is 0.751. The lowest BCUT2D eigenvalue weighted by atomic mass is 9.78. The first-order valence-electron chi connectivity index (χ1n) is 7.58. The Morgan fingerprint density at radius 3 is 2.79 bits per heavy atom. The van der Waals surface area contributed by atoms with E-state index in [0.717, 1.165) is 23.2 Å². The molecular weight excluding hydrogens is 256 g/mol. The van der Waals surface area contributed by atoms with Gasteiger partial charge in [-0.2, -0.15) is 0 Å². The van der Waals surface area contributed by atoms with E-state index in [1.807, 2.05) is 0 Å². The number of rotatable bonds is 2. The monoisotopic (exact) mass is 278 g/mol. The van der Waals surface area contributed by atoms with Gasteiger partial charge >= 0.3 is 0 Å². The second-order valence-electron chi connectivity index (χ2n) is 6.00. The second-order valence-corrected chi connectivity index (χ2v) is 6.26. The molecule has 2 atom stereocenters. The Kier molecular flexibility index (Phi) is 3.97. The van der Waals surface area contributed by atoms with E-state index in [1.165, 1.54) is 50.9 Å². The van der Waals surface area contributed by atoms with E-state index in [0.29, 0.717) is 5.88 Å². The number of halogens is 1. The van der Waals surface area contributed by atoms with Crippen LogP contribution in [0.15, 0.2) is 12.1 Å². The molecule has 1 saturated carbocycles. The van der Waals surface area contributed by atoms with E-state index in [9.17, 15) is 0 Å². The van der Waals surface area contributed by atoms with Crippen LogP contribution < -0.4 is 4.90 Å². The third kappa shape index (κ3) is 2.60. The highest BCUT2D eigenvalue weighted by atomic mass is 35.5. The van der Waals surface area contributed by atoms with Gasteiger partial charge in [0, 0.05) is 24.2 Å². The Bertz CT molecular complexity index is 444. The van der Waals surface area contributed by atoms with Crippen molar-refractivity contribution in [1.82, 2.24) is 4.98 Å². The molecule has 3 heteroatoms. The van der Waals surface area contributed by atoms with Crippen LogP contribution in [0.1, 0.15) is 49.8 Å². The minimum Gasteiger partial charge on any atom is -0.353 e. The molecule has 1 saturated heterocycles. The van der Waals surface area contributed by atoms with Gasteiger partial charge < -0.3 is 4.90 Å². The maximum atomic E-state index is 5.93. The van der Waals surface area contributed by atoms with Crippen molar-refractivity contribution in [3.8, 4) is 0 Å². The number of nitrogens with zero attached hydrogens (tertiary/aromatic N) is 2. The Hall–Kier alpha value is -0.760. The fraction of sp³-hybridized carbons (Fsp3) is 0.688. The fourth-order valence-corrected chi connectivity index (χ4v) is 4.07. The maximum absolute atomic E-state index is 5.93. The van der Waals surface area contributed by atoms with Crippen molar-refractivity contribution in [1.29, 1.82) is 0 Å². The van der Waals surface area contributed by atoms with Crippen molar-refractivity contribution in [2.45, 2.75) is 57.4 Å². The van der Waals surface area contributed by atoms with E-state index < -0.39 is 0 Å². The summed E-state index contributed by atoms with van der Waals surface area (Å²) >= 11 is 5.93. The van der Waals surface area contributed by atoms with Crippen LogP contribution >= 0.6 is 11.6 Å². The van der Waals surface area contributed by atoms with E-state index in [2.05, 4.69) is 24.0 Å². The summed E-state index contributed by atoms with van der Waals surface area (Å²) in [5, 5.41) is 0. The number of aryl methyl sites for hydroxylation is 1. The minimum atomic E-state index is 0.561. The third-order valence-electron chi connectivity index (χ3n) is 4.86. The molecule has 1 aromatic rings. The normalized spacial score (nSPS) is 27.2. The molecule has 0 aromatic carbocycles. The first-order valence-corrected chi connectivity index (χ1v) is 8.12. The molecule has 0 amide bonds. The highest BCUT2D eigenvalue weighted by Crippen LogP contribution is 2.37. The highest BCUT2D eigenvalue weighted by Gasteiger charge is 2.33. The van der Waals surface area contributed by atoms with Crippen LogP contribution in [-0.4, -0.2) is 17.6 Å². The molecular formula is C16H23ClN2. The molecule has 19 heavy (non-hydrogen) atoms. The van der Waals surface area contributed by atoms with Gasteiger partial charge in [0.2, 0.25) is 0 Å². The molecule has 1 aromatic heterocycles. The smallest absolute Gasteiger partial charge is 0.129 e. The summed E-state index contributed by atoms with van der Waals surface area (Å²) in [5.41, 5.74) is 2.24. The predicted octanol–water partition coefficient (Wildman–Crippen LogP) is 4.29. The average Bonchev–Trinajstić information content (AvgIpc) is 2.46. The zero-order valence-corrected chi connectivity index (χ0v) is 12.5. The predicted molar refractivity (Wildman–Crippen MR) is 80.9 cm³/mol. The van der Waals surface area contributed by atoms with Gasteiger partial charge in [0.1, 0.15) is 5.82 Å². The molecule has 0 spiro atoms. The van der Waals surface area contributed by atoms with Crippen molar-refractivity contribution >= 4 is 17.4 Å². The molecule has 0 N–H and O–H groups in total. The van der Waals surface area contributed by atoms with Crippen molar-refractivity contribution < 1.29 is 0 Å². The highest BCUT2D eigenvalue weighted by molar-refractivity contribution is 6.17. The molecule has 2 heterocycles. The summed E-state index contributed by atoms with van der Waals surface area (Å²) in [6.07, 6.45) is 8.31. The van der Waals surface area contributed by atoms with Crippen molar-refractivity contribution in [2.75, 3.05) is 11.4 Å². The van der Waals surface area contributed by atoms with Crippen LogP contribution in [0.25, 0.3) is 0 Å². The zero-order valence-electron chi connectivity index (χ0n) is 11.7. The van der Waals surface area contributed by atoms with Gasteiger partial charge in [-0.3, -0.25) is 0 Å². The lowest BCUT2D eigenvalue weighted by Crippen LogP contribution is -2.47. The molecule has 2 aliphatic rings. The van der Waals surface area contributed by atoms with Crippen LogP contribution in [0.3, 0.4) is 0 Å². The number of alkyl halides is 1. The lowest BCUT2D eigenvalue weighted by molar-refractivity contribution is 0.242. The third-order valence-corrected chi connectivity index (χ3v) is 5.15. The van der Waals surface area contributed by atoms with Crippen LogP contribution in [0.4, 0.5) is 5.82 Å². The molecule has 0 radical (unpaired) electrons. The SMILES string of the molecule is Cc1nc(N2CCCC3CCCCC32)ccc1CCl. The number of pyridine rings is 1. The number of fused-ring (bicyclic) bond motifs is 1. The maximum Gasteiger partial charge on any atom is 0.129 e. The standard InChI is InChI=1S/C16H23ClN2/c1-12-14(11-17)8-9-16(18-12)19-10-4-6-13-5-2-3-7-15(13)19/h8-9,13,15H,2-7,10-11H2,1H3. The minimum absolute atomic E-state index is 0.561. The number of hydrogen-bond donors (Lipinski definition) is 0. The van der Waals surface area contributed by atoms with Gasteiger partial charge in [-0.15, -0.1) is 11.6 Å².